The summed E-state index contributed by atoms with van der Waals surface area (Å²) in [6.07, 6.45) is 2.48. The van der Waals surface area contributed by atoms with Crippen LogP contribution in [0, 0.1) is 0 Å². The van der Waals surface area contributed by atoms with E-state index in [1.165, 1.54) is 16.3 Å². The van der Waals surface area contributed by atoms with Crippen LogP contribution in [-0.2, 0) is 14.9 Å². The van der Waals surface area contributed by atoms with Gasteiger partial charge in [-0.3, -0.25) is 4.79 Å². The Kier molecular flexibility index (Phi) is 7.29. The molecule has 1 fully saturated rings. The zero-order chi connectivity index (χ0) is 25.9. The maximum absolute atomic E-state index is 12.1. The van der Waals surface area contributed by atoms with Crippen molar-refractivity contribution < 1.29 is 23.7 Å². The van der Waals surface area contributed by atoms with Gasteiger partial charge in [0.2, 0.25) is 0 Å². The van der Waals surface area contributed by atoms with E-state index in [0.29, 0.717) is 26.2 Å². The van der Waals surface area contributed by atoms with Crippen molar-refractivity contribution in [3.05, 3.63) is 66.2 Å². The number of ether oxygens (including phenoxy) is 4. The number of fused-ring (bicyclic) bond motifs is 3. The average Bonchev–Trinajstić information content (AvgIpc) is 3.22. The van der Waals surface area contributed by atoms with Gasteiger partial charge < -0.3 is 23.8 Å². The van der Waals surface area contributed by atoms with Crippen molar-refractivity contribution in [2.24, 2.45) is 0 Å². The van der Waals surface area contributed by atoms with E-state index in [-0.39, 0.29) is 11.4 Å². The molecule has 5 rings (SSSR count). The van der Waals surface area contributed by atoms with Crippen molar-refractivity contribution in [3.8, 4) is 17.2 Å². The Hall–Kier alpha value is -3.25. The van der Waals surface area contributed by atoms with Crippen LogP contribution >= 0.6 is 0 Å². The number of benzene rings is 3. The maximum Gasteiger partial charge on any atom is 0.307 e. The molecule has 1 saturated heterocycles. The predicted octanol–water partition coefficient (Wildman–Crippen LogP) is 5.76. The van der Waals surface area contributed by atoms with E-state index in [1.54, 1.807) is 0 Å². The lowest BCUT2D eigenvalue weighted by atomic mass is 9.74. The molecular weight excluding hydrogens is 466 g/mol. The normalized spacial score (nSPS) is 16.8. The van der Waals surface area contributed by atoms with Crippen molar-refractivity contribution in [2.45, 2.75) is 51.0 Å². The smallest absolute Gasteiger partial charge is 0.307 e. The molecule has 0 unspecified atom stereocenters. The number of carbonyl (C=O) groups excluding carboxylic acids is 1. The molecule has 0 saturated carbocycles. The van der Waals surface area contributed by atoms with Crippen LogP contribution in [0.25, 0.3) is 10.8 Å². The Bertz CT molecular complexity index is 1240. The molecular formula is C31H37NO5. The lowest BCUT2D eigenvalue weighted by molar-refractivity contribution is -0.155. The highest BCUT2D eigenvalue weighted by atomic mass is 16.6. The Morgan fingerprint density at radius 3 is 2.32 bits per heavy atom. The largest absolute Gasteiger partial charge is 0.492 e. The molecule has 0 aromatic heterocycles. The van der Waals surface area contributed by atoms with Crippen molar-refractivity contribution >= 4 is 16.7 Å². The van der Waals surface area contributed by atoms with Gasteiger partial charge in [-0.05, 0) is 75.7 Å². The Morgan fingerprint density at radius 1 is 0.919 bits per heavy atom. The van der Waals surface area contributed by atoms with Gasteiger partial charge in [0.1, 0.15) is 36.1 Å². The highest BCUT2D eigenvalue weighted by molar-refractivity contribution is 5.83. The van der Waals surface area contributed by atoms with Crippen LogP contribution in [0.2, 0.25) is 0 Å². The van der Waals surface area contributed by atoms with E-state index >= 15 is 0 Å². The standard InChI is InChI=1S/C31H37NO5/c1-30(2,3)37-29(33)12-15-32-16-13-31(14-17-32)22-36-28-21-26(10-11-27(28)31)35-19-18-34-25-9-8-23-6-4-5-7-24(23)20-25/h4-11,20-21H,12-19,22H2,1-3H3. The molecule has 0 atom stereocenters. The highest BCUT2D eigenvalue weighted by Gasteiger charge is 2.43. The number of rotatable bonds is 8. The highest BCUT2D eigenvalue weighted by Crippen LogP contribution is 2.46. The second-order valence-corrected chi connectivity index (χ2v) is 11.1. The van der Waals surface area contributed by atoms with E-state index in [0.717, 1.165) is 49.7 Å². The summed E-state index contributed by atoms with van der Waals surface area (Å²) in [5.74, 6) is 2.44. The lowest BCUT2D eigenvalue weighted by Crippen LogP contribution is -2.44. The van der Waals surface area contributed by atoms with Crippen LogP contribution in [0.1, 0.15) is 45.6 Å². The third-order valence-electron chi connectivity index (χ3n) is 7.24. The number of carbonyl (C=O) groups is 1. The topological polar surface area (TPSA) is 57.2 Å². The second-order valence-electron chi connectivity index (χ2n) is 11.1. The Morgan fingerprint density at radius 2 is 1.59 bits per heavy atom. The molecule has 0 amide bonds. The van der Waals surface area contributed by atoms with Crippen molar-refractivity contribution in [1.29, 1.82) is 0 Å². The first-order valence-corrected chi connectivity index (χ1v) is 13.3. The molecule has 6 nitrogen and oxygen atoms in total. The predicted molar refractivity (Wildman–Crippen MR) is 145 cm³/mol. The van der Waals surface area contributed by atoms with E-state index in [1.807, 2.05) is 51.1 Å². The van der Waals surface area contributed by atoms with Crippen LogP contribution in [0.4, 0.5) is 0 Å². The van der Waals surface area contributed by atoms with Crippen LogP contribution < -0.4 is 14.2 Å². The minimum atomic E-state index is -0.430. The Labute approximate surface area is 219 Å². The molecule has 0 bridgehead atoms. The molecule has 0 N–H and O–H groups in total. The van der Waals surface area contributed by atoms with Gasteiger partial charge in [-0.25, -0.2) is 0 Å². The summed E-state index contributed by atoms with van der Waals surface area (Å²) in [4.78, 5) is 14.4. The second kappa shape index (κ2) is 10.6. The molecule has 2 aliphatic heterocycles. The summed E-state index contributed by atoms with van der Waals surface area (Å²) < 4.78 is 23.4. The molecule has 2 heterocycles. The summed E-state index contributed by atoms with van der Waals surface area (Å²) in [7, 11) is 0. The number of likely N-dealkylation sites (tertiary alicyclic amines) is 1. The molecule has 196 valence electrons. The summed E-state index contributed by atoms with van der Waals surface area (Å²) in [5, 5.41) is 2.37. The molecule has 0 aliphatic carbocycles. The van der Waals surface area contributed by atoms with Crippen LogP contribution in [0.3, 0.4) is 0 Å². The fourth-order valence-corrected chi connectivity index (χ4v) is 5.28. The van der Waals surface area contributed by atoms with Gasteiger partial charge in [0.05, 0.1) is 13.0 Å². The minimum Gasteiger partial charge on any atom is -0.492 e. The first-order valence-electron chi connectivity index (χ1n) is 13.3. The van der Waals surface area contributed by atoms with Gasteiger partial charge in [0.25, 0.3) is 0 Å². The molecule has 6 heteroatoms. The molecule has 3 aromatic carbocycles. The van der Waals surface area contributed by atoms with Gasteiger partial charge in [0, 0.05) is 23.6 Å². The lowest BCUT2D eigenvalue weighted by Gasteiger charge is -2.38. The summed E-state index contributed by atoms with van der Waals surface area (Å²) in [6.45, 7) is 10.0. The van der Waals surface area contributed by atoms with E-state index < -0.39 is 5.60 Å². The van der Waals surface area contributed by atoms with Crippen molar-refractivity contribution in [1.82, 2.24) is 4.90 Å². The first-order chi connectivity index (χ1) is 17.8. The number of hydrogen-bond donors (Lipinski definition) is 0. The maximum atomic E-state index is 12.1. The van der Waals surface area contributed by atoms with Crippen molar-refractivity contribution in [3.63, 3.8) is 0 Å². The molecule has 1 spiro atoms. The van der Waals surface area contributed by atoms with E-state index in [4.69, 9.17) is 18.9 Å². The molecule has 0 radical (unpaired) electrons. The van der Waals surface area contributed by atoms with Gasteiger partial charge in [-0.1, -0.05) is 36.4 Å². The first kappa shape index (κ1) is 25.4. The molecule has 2 aliphatic rings. The number of piperidine rings is 1. The van der Waals surface area contributed by atoms with Gasteiger partial charge in [-0.2, -0.15) is 0 Å². The van der Waals surface area contributed by atoms with Crippen molar-refractivity contribution in [2.75, 3.05) is 39.5 Å². The zero-order valence-corrected chi connectivity index (χ0v) is 22.1. The Balaban J connectivity index is 1.09. The van der Waals surface area contributed by atoms with E-state index in [9.17, 15) is 4.79 Å². The van der Waals surface area contributed by atoms with Gasteiger partial charge in [0.15, 0.2) is 0 Å². The summed E-state index contributed by atoms with van der Waals surface area (Å²) in [6, 6.07) is 20.6. The number of nitrogens with zero attached hydrogens (tertiary/aromatic N) is 1. The number of hydrogen-bond acceptors (Lipinski definition) is 6. The van der Waals surface area contributed by atoms with Gasteiger partial charge >= 0.3 is 5.97 Å². The average molecular weight is 504 g/mol. The fraction of sp³-hybridized carbons (Fsp3) is 0.452. The fourth-order valence-electron chi connectivity index (χ4n) is 5.28. The summed E-state index contributed by atoms with van der Waals surface area (Å²) >= 11 is 0. The molecule has 3 aromatic rings. The number of esters is 1. The quantitative estimate of drug-likeness (QED) is 0.288. The van der Waals surface area contributed by atoms with Crippen LogP contribution in [0.5, 0.6) is 17.2 Å². The van der Waals surface area contributed by atoms with Crippen LogP contribution in [0.15, 0.2) is 60.7 Å². The zero-order valence-electron chi connectivity index (χ0n) is 22.1. The van der Waals surface area contributed by atoms with Crippen LogP contribution in [-0.4, -0.2) is 55.9 Å². The minimum absolute atomic E-state index is 0.0511. The monoisotopic (exact) mass is 503 g/mol. The van der Waals surface area contributed by atoms with Gasteiger partial charge in [-0.15, -0.1) is 0 Å². The third kappa shape index (κ3) is 6.19. The van der Waals surface area contributed by atoms with E-state index in [2.05, 4.69) is 35.2 Å². The summed E-state index contributed by atoms with van der Waals surface area (Å²) in [5.41, 5.74) is 0.898. The SMILES string of the molecule is CC(C)(C)OC(=O)CCN1CCC2(CC1)COc1cc(OCCOc3ccc4ccccc4c3)ccc12. The molecule has 37 heavy (non-hydrogen) atoms. The third-order valence-corrected chi connectivity index (χ3v) is 7.24.